The Morgan fingerprint density at radius 1 is 1.47 bits per heavy atom. The SMILES string of the molecule is C[C@@H]1CC(=O)N1[C@@H](C(=O)O)[C@](C)(/C=N/NC(=O)Cc1ccc2c(c1)OCO2)S(=O)[O-]. The van der Waals surface area contributed by atoms with Crippen LogP contribution >= 0.6 is 0 Å². The van der Waals surface area contributed by atoms with Gasteiger partial charge in [0.1, 0.15) is 0 Å². The van der Waals surface area contributed by atoms with Crippen molar-refractivity contribution in [2.24, 2.45) is 5.10 Å². The highest BCUT2D eigenvalue weighted by Crippen LogP contribution is 2.33. The van der Waals surface area contributed by atoms with Crippen molar-refractivity contribution in [1.82, 2.24) is 10.3 Å². The average Bonchev–Trinajstić information content (AvgIpc) is 3.13. The molecule has 0 bridgehead atoms. The molecule has 11 nitrogen and oxygen atoms in total. The quantitative estimate of drug-likeness (QED) is 0.244. The summed E-state index contributed by atoms with van der Waals surface area (Å²) in [4.78, 5) is 36.8. The minimum Gasteiger partial charge on any atom is -0.772 e. The number of aliphatic carboxylic acids is 1. The van der Waals surface area contributed by atoms with E-state index in [1.54, 1.807) is 25.1 Å². The smallest absolute Gasteiger partial charge is 0.328 e. The molecular formula is C18H20N3O8S-. The van der Waals surface area contributed by atoms with Crippen LogP contribution in [0.15, 0.2) is 23.3 Å². The number of rotatable bonds is 8. The molecule has 0 spiro atoms. The Kier molecular flexibility index (Phi) is 6.08. The molecule has 1 unspecified atom stereocenters. The number of nitrogens with zero attached hydrogens (tertiary/aromatic N) is 2. The van der Waals surface area contributed by atoms with Crippen molar-refractivity contribution in [3.8, 4) is 11.5 Å². The van der Waals surface area contributed by atoms with Gasteiger partial charge in [-0.25, -0.2) is 10.2 Å². The van der Waals surface area contributed by atoms with Crippen LogP contribution in [0.3, 0.4) is 0 Å². The van der Waals surface area contributed by atoms with Gasteiger partial charge in [-0.15, -0.1) is 0 Å². The van der Waals surface area contributed by atoms with Crippen molar-refractivity contribution in [2.45, 2.75) is 43.5 Å². The highest BCUT2D eigenvalue weighted by atomic mass is 32.2. The predicted molar refractivity (Wildman–Crippen MR) is 103 cm³/mol. The Bertz CT molecular complexity index is 936. The lowest BCUT2D eigenvalue weighted by Crippen LogP contribution is -2.67. The van der Waals surface area contributed by atoms with Gasteiger partial charge >= 0.3 is 5.97 Å². The van der Waals surface area contributed by atoms with Gasteiger partial charge < -0.3 is 24.0 Å². The lowest BCUT2D eigenvalue weighted by atomic mass is 9.92. The van der Waals surface area contributed by atoms with Gasteiger partial charge in [-0.3, -0.25) is 13.8 Å². The normalized spacial score (nSPS) is 21.6. The van der Waals surface area contributed by atoms with Crippen LogP contribution in [0, 0.1) is 0 Å². The van der Waals surface area contributed by atoms with Crippen LogP contribution in [-0.2, 0) is 31.9 Å². The van der Waals surface area contributed by atoms with E-state index in [9.17, 15) is 28.3 Å². The zero-order valence-electron chi connectivity index (χ0n) is 16.2. The van der Waals surface area contributed by atoms with Gasteiger partial charge in [-0.2, -0.15) is 5.10 Å². The van der Waals surface area contributed by atoms with E-state index in [1.807, 2.05) is 0 Å². The Balaban J connectivity index is 1.70. The number of ether oxygens (including phenoxy) is 2. The third kappa shape index (κ3) is 4.14. The van der Waals surface area contributed by atoms with E-state index in [4.69, 9.17) is 9.47 Å². The summed E-state index contributed by atoms with van der Waals surface area (Å²) in [7, 11) is 0. The Labute approximate surface area is 174 Å². The number of amides is 2. The van der Waals surface area contributed by atoms with Crippen molar-refractivity contribution in [2.75, 3.05) is 6.79 Å². The fourth-order valence-corrected chi connectivity index (χ4v) is 3.88. The van der Waals surface area contributed by atoms with E-state index >= 15 is 0 Å². The summed E-state index contributed by atoms with van der Waals surface area (Å²) >= 11 is -2.95. The standard InChI is InChI=1S/C18H21N3O8S/c1-10-5-15(23)21(10)16(17(24)25)18(2,30(26)27)8-19-20-14(22)7-11-3-4-12-13(6-11)29-9-28-12/h3-4,6,8,10,16H,5,7,9H2,1-2H3,(H,20,22)(H,24,25)(H,26,27)/p-1/b19-8+/t10-,16+,18+/m1/s1. The minimum atomic E-state index is -2.95. The number of likely N-dealkylation sites (tertiary alicyclic amines) is 1. The Morgan fingerprint density at radius 3 is 2.77 bits per heavy atom. The molecule has 2 aliphatic rings. The maximum absolute atomic E-state index is 12.1. The van der Waals surface area contributed by atoms with Gasteiger partial charge in [0.25, 0.3) is 0 Å². The first-order chi connectivity index (χ1) is 14.1. The average molecular weight is 438 g/mol. The molecule has 2 N–H and O–H groups in total. The number of carbonyl (C=O) groups is 3. The summed E-state index contributed by atoms with van der Waals surface area (Å²) in [5, 5.41) is 13.2. The number of carboxylic acid groups (broad SMARTS) is 1. The van der Waals surface area contributed by atoms with Crippen molar-refractivity contribution in [1.29, 1.82) is 0 Å². The third-order valence-electron chi connectivity index (χ3n) is 4.96. The van der Waals surface area contributed by atoms with Gasteiger partial charge in [0, 0.05) is 18.7 Å². The molecule has 1 aromatic rings. The highest BCUT2D eigenvalue weighted by Gasteiger charge is 2.51. The van der Waals surface area contributed by atoms with Crippen molar-refractivity contribution >= 4 is 35.1 Å². The van der Waals surface area contributed by atoms with Crippen molar-refractivity contribution < 1.29 is 37.7 Å². The molecule has 30 heavy (non-hydrogen) atoms. The second-order valence-electron chi connectivity index (χ2n) is 7.17. The van der Waals surface area contributed by atoms with Crippen LogP contribution in [0.25, 0.3) is 0 Å². The molecule has 0 aliphatic carbocycles. The highest BCUT2D eigenvalue weighted by molar-refractivity contribution is 7.81. The first-order valence-electron chi connectivity index (χ1n) is 8.98. The summed E-state index contributed by atoms with van der Waals surface area (Å²) in [5.74, 6) is -1.42. The van der Waals surface area contributed by atoms with Crippen LogP contribution < -0.4 is 14.9 Å². The molecule has 12 heteroatoms. The number of carbonyl (C=O) groups excluding carboxylic acids is 2. The number of hydrogen-bond acceptors (Lipinski definition) is 8. The van der Waals surface area contributed by atoms with Crippen LogP contribution in [0.5, 0.6) is 11.5 Å². The summed E-state index contributed by atoms with van der Waals surface area (Å²) in [6.07, 6.45) is 0.884. The number of hydrogen-bond donors (Lipinski definition) is 2. The molecule has 0 radical (unpaired) electrons. The molecular weight excluding hydrogens is 418 g/mol. The molecule has 0 saturated carbocycles. The molecule has 1 fully saturated rings. The lowest BCUT2D eigenvalue weighted by molar-refractivity contribution is -0.161. The number of hydrazone groups is 1. The molecule has 2 amide bonds. The molecule has 2 heterocycles. The van der Waals surface area contributed by atoms with Gasteiger partial charge in [0.2, 0.25) is 18.6 Å². The van der Waals surface area contributed by atoms with Gasteiger partial charge in [0.15, 0.2) is 17.5 Å². The van der Waals surface area contributed by atoms with Crippen LogP contribution in [0.1, 0.15) is 25.8 Å². The summed E-state index contributed by atoms with van der Waals surface area (Å²) < 4.78 is 32.1. The first kappa shape index (κ1) is 21.7. The van der Waals surface area contributed by atoms with E-state index in [2.05, 4.69) is 10.5 Å². The lowest BCUT2D eigenvalue weighted by Gasteiger charge is -2.48. The van der Waals surface area contributed by atoms with E-state index < -0.39 is 45.7 Å². The molecule has 0 aromatic heterocycles. The van der Waals surface area contributed by atoms with Gasteiger partial charge in [-0.1, -0.05) is 6.07 Å². The maximum Gasteiger partial charge on any atom is 0.328 e. The molecule has 3 rings (SSSR count). The van der Waals surface area contributed by atoms with Crippen molar-refractivity contribution in [3.05, 3.63) is 23.8 Å². The number of nitrogens with one attached hydrogen (secondary N) is 1. The van der Waals surface area contributed by atoms with E-state index in [0.29, 0.717) is 17.1 Å². The Hall–Kier alpha value is -2.99. The zero-order chi connectivity index (χ0) is 22.1. The van der Waals surface area contributed by atoms with Crippen LogP contribution in [0.2, 0.25) is 0 Å². The zero-order valence-corrected chi connectivity index (χ0v) is 17.0. The maximum atomic E-state index is 12.1. The fourth-order valence-electron chi connectivity index (χ4n) is 3.34. The van der Waals surface area contributed by atoms with E-state index in [1.165, 1.54) is 0 Å². The summed E-state index contributed by atoms with van der Waals surface area (Å²) in [6.45, 7) is 2.85. The van der Waals surface area contributed by atoms with E-state index in [-0.39, 0.29) is 19.6 Å². The van der Waals surface area contributed by atoms with Crippen molar-refractivity contribution in [3.63, 3.8) is 0 Å². The fraction of sp³-hybridized carbons (Fsp3) is 0.444. The largest absolute Gasteiger partial charge is 0.772 e. The second kappa shape index (κ2) is 8.40. The summed E-state index contributed by atoms with van der Waals surface area (Å²) in [6, 6.07) is 2.87. The van der Waals surface area contributed by atoms with Gasteiger partial charge in [-0.05, 0) is 42.6 Å². The first-order valence-corrected chi connectivity index (χ1v) is 10.1. The number of benzene rings is 1. The van der Waals surface area contributed by atoms with Crippen LogP contribution in [0.4, 0.5) is 0 Å². The molecule has 1 saturated heterocycles. The minimum absolute atomic E-state index is 0.0742. The van der Waals surface area contributed by atoms with Crippen LogP contribution in [-0.4, -0.2) is 66.4 Å². The number of fused-ring (bicyclic) bond motifs is 1. The van der Waals surface area contributed by atoms with E-state index in [0.717, 1.165) is 18.0 Å². The Morgan fingerprint density at radius 2 is 2.17 bits per heavy atom. The monoisotopic (exact) mass is 438 g/mol. The second-order valence-corrected chi connectivity index (χ2v) is 8.52. The molecule has 4 atom stereocenters. The third-order valence-corrected chi connectivity index (χ3v) is 6.01. The molecule has 1 aromatic carbocycles. The number of β-lactam (4-membered cyclic amide) rings is 1. The topological polar surface area (TPSA) is 158 Å². The summed E-state index contributed by atoms with van der Waals surface area (Å²) in [5.41, 5.74) is 2.81. The predicted octanol–water partition coefficient (Wildman–Crippen LogP) is -0.228. The molecule has 2 aliphatic heterocycles. The number of carboxylic acids is 1. The molecule has 162 valence electrons. The van der Waals surface area contributed by atoms with Gasteiger partial charge in [0.05, 0.1) is 11.2 Å².